The maximum absolute atomic E-state index is 12.7. The number of nitrogens with zero attached hydrogens (tertiary/aromatic N) is 3. The summed E-state index contributed by atoms with van der Waals surface area (Å²) in [5.74, 6) is 0.834. The number of amides is 1. The number of thiazole rings is 1. The number of hydrogen-bond donors (Lipinski definition) is 1. The molecule has 4 rings (SSSR count). The van der Waals surface area contributed by atoms with Gasteiger partial charge in [-0.15, -0.1) is 11.3 Å². The molecule has 3 aromatic rings. The number of hydrogen-bond acceptors (Lipinski definition) is 6. The van der Waals surface area contributed by atoms with Crippen molar-refractivity contribution < 1.29 is 9.53 Å². The van der Waals surface area contributed by atoms with Crippen LogP contribution in [0.1, 0.15) is 23.8 Å². The Bertz CT molecular complexity index is 967. The van der Waals surface area contributed by atoms with E-state index in [4.69, 9.17) is 16.3 Å². The average molecular weight is 429 g/mol. The van der Waals surface area contributed by atoms with Crippen molar-refractivity contribution in [3.8, 4) is 0 Å². The molecule has 1 aliphatic rings. The first-order valence-corrected chi connectivity index (χ1v) is 10.7. The average Bonchev–Trinajstić information content (AvgIpc) is 3.25. The Kier molecular flexibility index (Phi) is 6.39. The first-order chi connectivity index (χ1) is 14.2. The highest BCUT2D eigenvalue weighted by Crippen LogP contribution is 2.24. The highest BCUT2D eigenvalue weighted by Gasteiger charge is 2.26. The highest BCUT2D eigenvalue weighted by atomic mass is 35.5. The monoisotopic (exact) mass is 428 g/mol. The summed E-state index contributed by atoms with van der Waals surface area (Å²) in [5.41, 5.74) is 1.87. The third kappa shape index (κ3) is 5.32. The van der Waals surface area contributed by atoms with E-state index in [1.807, 2.05) is 52.7 Å². The fourth-order valence-electron chi connectivity index (χ4n) is 3.25. The van der Waals surface area contributed by atoms with Crippen LogP contribution in [-0.4, -0.2) is 40.5 Å². The maximum Gasteiger partial charge on any atom is 0.223 e. The Morgan fingerprint density at radius 3 is 3.03 bits per heavy atom. The predicted molar refractivity (Wildman–Crippen MR) is 115 cm³/mol. The van der Waals surface area contributed by atoms with Gasteiger partial charge in [0.15, 0.2) is 5.13 Å². The van der Waals surface area contributed by atoms with Gasteiger partial charge in [-0.2, -0.15) is 0 Å². The largest absolute Gasteiger partial charge is 0.368 e. The quantitative estimate of drug-likeness (QED) is 0.627. The number of aryl methyl sites for hydroxylation is 1. The number of morpholine rings is 1. The standard InChI is InChI=1S/C21H21ClN4O2S/c22-16-4-1-3-15(13-16)7-8-20(27)26-10-11-28-18(14-26)17-5-2-6-19(24-17)25-21-23-9-12-29-21/h1-6,9,12-13,18H,7-8,10-11,14H2,(H,23,24,25). The minimum absolute atomic E-state index is 0.121. The molecule has 3 heterocycles. The topological polar surface area (TPSA) is 67.3 Å². The van der Waals surface area contributed by atoms with Gasteiger partial charge in [0.1, 0.15) is 11.9 Å². The van der Waals surface area contributed by atoms with Gasteiger partial charge in [0.05, 0.1) is 18.8 Å². The normalized spacial score (nSPS) is 16.6. The van der Waals surface area contributed by atoms with Crippen LogP contribution in [0, 0.1) is 0 Å². The molecule has 8 heteroatoms. The van der Waals surface area contributed by atoms with Crippen LogP contribution in [0.3, 0.4) is 0 Å². The smallest absolute Gasteiger partial charge is 0.223 e. The molecule has 0 saturated carbocycles. The lowest BCUT2D eigenvalue weighted by atomic mass is 10.1. The van der Waals surface area contributed by atoms with Gasteiger partial charge in [-0.25, -0.2) is 9.97 Å². The van der Waals surface area contributed by atoms with Gasteiger partial charge in [0, 0.05) is 29.6 Å². The fraction of sp³-hybridized carbons (Fsp3) is 0.286. The van der Waals surface area contributed by atoms with Gasteiger partial charge < -0.3 is 15.0 Å². The molecule has 0 aliphatic carbocycles. The number of carbonyl (C=O) groups is 1. The maximum atomic E-state index is 12.7. The summed E-state index contributed by atoms with van der Waals surface area (Å²) in [6.45, 7) is 1.60. The summed E-state index contributed by atoms with van der Waals surface area (Å²) >= 11 is 7.54. The summed E-state index contributed by atoms with van der Waals surface area (Å²) in [4.78, 5) is 23.4. The Hall–Kier alpha value is -2.48. The van der Waals surface area contributed by atoms with Crippen LogP contribution < -0.4 is 5.32 Å². The summed E-state index contributed by atoms with van der Waals surface area (Å²) in [6.07, 6.45) is 2.63. The lowest BCUT2D eigenvalue weighted by Crippen LogP contribution is -2.42. The molecule has 1 aliphatic heterocycles. The van der Waals surface area contributed by atoms with Gasteiger partial charge >= 0.3 is 0 Å². The molecule has 0 radical (unpaired) electrons. The number of ether oxygens (including phenoxy) is 1. The summed E-state index contributed by atoms with van der Waals surface area (Å²) in [7, 11) is 0. The lowest BCUT2D eigenvalue weighted by Gasteiger charge is -2.33. The van der Waals surface area contributed by atoms with Crippen molar-refractivity contribution in [2.75, 3.05) is 25.0 Å². The molecule has 0 bridgehead atoms. The van der Waals surface area contributed by atoms with E-state index in [1.165, 1.54) is 11.3 Å². The number of rotatable bonds is 6. The molecular weight excluding hydrogens is 408 g/mol. The van der Waals surface area contributed by atoms with Crippen LogP contribution in [-0.2, 0) is 16.0 Å². The molecule has 29 heavy (non-hydrogen) atoms. The van der Waals surface area contributed by atoms with E-state index in [9.17, 15) is 4.79 Å². The molecule has 1 unspecified atom stereocenters. The number of benzene rings is 1. The summed E-state index contributed by atoms with van der Waals surface area (Å²) < 4.78 is 5.90. The Morgan fingerprint density at radius 2 is 2.21 bits per heavy atom. The second kappa shape index (κ2) is 9.35. The van der Waals surface area contributed by atoms with Crippen molar-refractivity contribution in [3.05, 3.63) is 70.3 Å². The number of halogens is 1. The zero-order chi connectivity index (χ0) is 20.1. The highest BCUT2D eigenvalue weighted by molar-refractivity contribution is 7.13. The van der Waals surface area contributed by atoms with Gasteiger partial charge in [-0.3, -0.25) is 4.79 Å². The molecule has 1 fully saturated rings. The van der Waals surface area contributed by atoms with Crippen LogP contribution in [0.2, 0.25) is 5.02 Å². The number of aromatic nitrogens is 2. The molecular formula is C21H21ClN4O2S. The Labute approximate surface area is 178 Å². The van der Waals surface area contributed by atoms with Gasteiger partial charge in [-0.05, 0) is 36.2 Å². The summed E-state index contributed by atoms with van der Waals surface area (Å²) in [5, 5.41) is 6.58. The van der Waals surface area contributed by atoms with Crippen molar-refractivity contribution in [3.63, 3.8) is 0 Å². The van der Waals surface area contributed by atoms with Crippen molar-refractivity contribution in [1.82, 2.24) is 14.9 Å². The molecule has 1 aromatic carbocycles. The van der Waals surface area contributed by atoms with E-state index in [2.05, 4.69) is 15.3 Å². The van der Waals surface area contributed by atoms with Gasteiger partial charge in [-0.1, -0.05) is 29.8 Å². The van der Waals surface area contributed by atoms with E-state index >= 15 is 0 Å². The number of nitrogens with one attached hydrogen (secondary N) is 1. The molecule has 1 N–H and O–H groups in total. The second-order valence-electron chi connectivity index (χ2n) is 6.74. The van der Waals surface area contributed by atoms with E-state index in [0.717, 1.165) is 16.4 Å². The van der Waals surface area contributed by atoms with Crippen LogP contribution in [0.25, 0.3) is 0 Å². The molecule has 1 atom stereocenters. The van der Waals surface area contributed by atoms with Crippen molar-refractivity contribution in [2.24, 2.45) is 0 Å². The fourth-order valence-corrected chi connectivity index (χ4v) is 4.00. The number of anilines is 2. The molecule has 1 amide bonds. The van der Waals surface area contributed by atoms with E-state index in [1.54, 1.807) is 6.20 Å². The minimum atomic E-state index is -0.239. The number of pyridine rings is 1. The predicted octanol–water partition coefficient (Wildman–Crippen LogP) is 4.47. The van der Waals surface area contributed by atoms with Crippen molar-refractivity contribution in [1.29, 1.82) is 0 Å². The Balaban J connectivity index is 1.37. The lowest BCUT2D eigenvalue weighted by molar-refractivity contribution is -0.139. The molecule has 6 nitrogen and oxygen atoms in total. The van der Waals surface area contributed by atoms with Crippen LogP contribution >= 0.6 is 22.9 Å². The first-order valence-electron chi connectivity index (χ1n) is 9.45. The third-order valence-corrected chi connectivity index (χ3v) is 5.63. The zero-order valence-corrected chi connectivity index (χ0v) is 17.3. The van der Waals surface area contributed by atoms with Crippen molar-refractivity contribution >= 4 is 39.8 Å². The number of carbonyl (C=O) groups excluding carboxylic acids is 1. The first kappa shape index (κ1) is 19.8. The van der Waals surface area contributed by atoms with Crippen molar-refractivity contribution in [2.45, 2.75) is 18.9 Å². The van der Waals surface area contributed by atoms with Gasteiger partial charge in [0.25, 0.3) is 0 Å². The molecule has 150 valence electrons. The minimum Gasteiger partial charge on any atom is -0.368 e. The zero-order valence-electron chi connectivity index (χ0n) is 15.8. The summed E-state index contributed by atoms with van der Waals surface area (Å²) in [6, 6.07) is 13.4. The van der Waals surface area contributed by atoms with Crippen LogP contribution in [0.5, 0.6) is 0 Å². The molecule has 1 saturated heterocycles. The SMILES string of the molecule is O=C(CCc1cccc(Cl)c1)N1CCOC(c2cccc(Nc3nccs3)n2)C1. The molecule has 0 spiro atoms. The molecule has 2 aromatic heterocycles. The third-order valence-electron chi connectivity index (χ3n) is 4.70. The van der Waals surface area contributed by atoms with Gasteiger partial charge in [0.2, 0.25) is 5.91 Å². The van der Waals surface area contributed by atoms with E-state index in [-0.39, 0.29) is 12.0 Å². The van der Waals surface area contributed by atoms with Crippen LogP contribution in [0.4, 0.5) is 10.9 Å². The van der Waals surface area contributed by atoms with Crippen LogP contribution in [0.15, 0.2) is 54.0 Å². The van der Waals surface area contributed by atoms with E-state index < -0.39 is 0 Å². The second-order valence-corrected chi connectivity index (χ2v) is 8.07. The van der Waals surface area contributed by atoms with E-state index in [0.29, 0.717) is 43.4 Å². The Morgan fingerprint density at radius 1 is 1.31 bits per heavy atom.